The van der Waals surface area contributed by atoms with Gasteiger partial charge < -0.3 is 19.5 Å². The second-order valence-corrected chi connectivity index (χ2v) is 10.1. The first-order valence-electron chi connectivity index (χ1n) is 12.9. The van der Waals surface area contributed by atoms with Gasteiger partial charge in [0.25, 0.3) is 0 Å². The van der Waals surface area contributed by atoms with Crippen molar-refractivity contribution in [3.8, 4) is 39.5 Å². The number of H-pyrrole nitrogens is 2. The molecule has 9 nitrogen and oxygen atoms in total. The molecule has 0 spiro atoms. The fourth-order valence-corrected chi connectivity index (χ4v) is 4.61. The van der Waals surface area contributed by atoms with Gasteiger partial charge in [-0.15, -0.1) is 0 Å². The molecular weight excluding hydrogens is 507 g/mol. The fraction of sp³-hybridized carbons (Fsp3) is 0.200. The van der Waals surface area contributed by atoms with Crippen molar-refractivity contribution in [3.63, 3.8) is 0 Å². The van der Waals surface area contributed by atoms with E-state index in [-0.39, 0.29) is 5.82 Å². The summed E-state index contributed by atoms with van der Waals surface area (Å²) in [5.41, 5.74) is 7.87. The maximum atomic E-state index is 14.6. The maximum absolute atomic E-state index is 14.6. The third-order valence-electron chi connectivity index (χ3n) is 6.72. The minimum atomic E-state index is -0.360. The van der Waals surface area contributed by atoms with Gasteiger partial charge in [-0.1, -0.05) is 0 Å². The molecular formula is C30H29FN8O. The zero-order valence-electron chi connectivity index (χ0n) is 22.7. The SMILES string of the molecule is CN(C)CCOc1cc(F)cc(-c2ccnc3[nH]c(-c4n[nH]c5ccc(-c6cncc(N(C)C)c6)nc45)cc23)c1. The molecule has 1 aromatic carbocycles. The van der Waals surface area contributed by atoms with Gasteiger partial charge in [0, 0.05) is 50.0 Å². The van der Waals surface area contributed by atoms with Crippen molar-refractivity contribution in [2.45, 2.75) is 0 Å². The van der Waals surface area contributed by atoms with Gasteiger partial charge >= 0.3 is 0 Å². The molecule has 0 fully saturated rings. The van der Waals surface area contributed by atoms with E-state index in [9.17, 15) is 4.39 Å². The van der Waals surface area contributed by atoms with E-state index in [0.29, 0.717) is 29.3 Å². The van der Waals surface area contributed by atoms with E-state index < -0.39 is 0 Å². The molecule has 0 aliphatic heterocycles. The molecule has 0 bridgehead atoms. The number of nitrogens with one attached hydrogen (secondary N) is 2. The number of ether oxygens (including phenoxy) is 1. The second-order valence-electron chi connectivity index (χ2n) is 10.1. The molecule has 0 radical (unpaired) electrons. The van der Waals surface area contributed by atoms with Gasteiger partial charge in [-0.05, 0) is 67.7 Å². The van der Waals surface area contributed by atoms with Crippen molar-refractivity contribution in [2.75, 3.05) is 46.2 Å². The Morgan fingerprint density at radius 1 is 0.950 bits per heavy atom. The highest BCUT2D eigenvalue weighted by Crippen LogP contribution is 2.35. The van der Waals surface area contributed by atoms with Crippen molar-refractivity contribution in [1.29, 1.82) is 0 Å². The molecule has 0 aliphatic rings. The van der Waals surface area contributed by atoms with Gasteiger partial charge in [0.15, 0.2) is 0 Å². The Morgan fingerprint density at radius 2 is 1.82 bits per heavy atom. The molecule has 0 saturated carbocycles. The molecule has 5 aromatic heterocycles. The summed E-state index contributed by atoms with van der Waals surface area (Å²) in [4.78, 5) is 21.2. The molecule has 0 aliphatic carbocycles. The van der Waals surface area contributed by atoms with Crippen LogP contribution in [0.15, 0.2) is 67.1 Å². The number of fused-ring (bicyclic) bond motifs is 2. The van der Waals surface area contributed by atoms with E-state index in [2.05, 4.69) is 31.2 Å². The summed E-state index contributed by atoms with van der Waals surface area (Å²) < 4.78 is 20.4. The number of anilines is 1. The van der Waals surface area contributed by atoms with E-state index in [4.69, 9.17) is 9.72 Å². The van der Waals surface area contributed by atoms with Crippen LogP contribution in [0.25, 0.3) is 55.8 Å². The van der Waals surface area contributed by atoms with E-state index in [1.54, 1.807) is 12.4 Å². The Hall–Kier alpha value is -4.83. The summed E-state index contributed by atoms with van der Waals surface area (Å²) in [5.74, 6) is 0.126. The van der Waals surface area contributed by atoms with Crippen LogP contribution < -0.4 is 9.64 Å². The number of halogens is 1. The summed E-state index contributed by atoms with van der Waals surface area (Å²) in [7, 11) is 7.89. The average molecular weight is 537 g/mol. The van der Waals surface area contributed by atoms with E-state index in [0.717, 1.165) is 51.2 Å². The lowest BCUT2D eigenvalue weighted by atomic mass is 10.0. The predicted molar refractivity (Wildman–Crippen MR) is 156 cm³/mol. The van der Waals surface area contributed by atoms with E-state index in [1.165, 1.54) is 12.1 Å². The zero-order chi connectivity index (χ0) is 27.8. The average Bonchev–Trinajstić information content (AvgIpc) is 3.56. The molecule has 6 aromatic rings. The molecule has 10 heteroatoms. The molecule has 0 amide bonds. The summed E-state index contributed by atoms with van der Waals surface area (Å²) in [5, 5.41) is 8.49. The topological polar surface area (TPSA) is 98.8 Å². The number of hydrogen-bond donors (Lipinski definition) is 2. The van der Waals surface area contributed by atoms with Crippen LogP contribution in [0, 0.1) is 5.82 Å². The van der Waals surface area contributed by atoms with Crippen LogP contribution in [0.2, 0.25) is 0 Å². The van der Waals surface area contributed by atoms with Gasteiger partial charge in [0.05, 0.1) is 28.8 Å². The Kier molecular flexibility index (Phi) is 6.61. The number of hydrogen-bond acceptors (Lipinski definition) is 7. The van der Waals surface area contributed by atoms with E-state index in [1.807, 2.05) is 74.5 Å². The van der Waals surface area contributed by atoms with Crippen LogP contribution in [-0.4, -0.2) is 76.4 Å². The number of benzene rings is 1. The first kappa shape index (κ1) is 25.4. The molecule has 40 heavy (non-hydrogen) atoms. The standard InChI is InChI=1S/C30H29FN8O/c1-38(2)9-10-40-22-13-18(11-20(31)14-22)23-7-8-33-30-24(23)15-27(35-30)29-28-26(36-37-29)6-5-25(34-28)19-12-21(39(3)4)17-32-16-19/h5-8,11-17H,9-10H2,1-4H3,(H,33,35)(H,36,37). The molecule has 0 unspecified atom stereocenters. The quantitative estimate of drug-likeness (QED) is 0.270. The minimum Gasteiger partial charge on any atom is -0.492 e. The lowest BCUT2D eigenvalue weighted by molar-refractivity contribution is 0.260. The van der Waals surface area contributed by atoms with Crippen molar-refractivity contribution < 1.29 is 9.13 Å². The number of likely N-dealkylation sites (N-methyl/N-ethyl adjacent to an activating group) is 1. The second kappa shape index (κ2) is 10.4. The Balaban J connectivity index is 1.39. The van der Waals surface area contributed by atoms with Gasteiger partial charge in [0.2, 0.25) is 0 Å². The third-order valence-corrected chi connectivity index (χ3v) is 6.72. The van der Waals surface area contributed by atoms with Crippen LogP contribution in [0.5, 0.6) is 5.75 Å². The minimum absolute atomic E-state index is 0.360. The Labute approximate surface area is 230 Å². The van der Waals surface area contributed by atoms with Crippen molar-refractivity contribution in [2.24, 2.45) is 0 Å². The van der Waals surface area contributed by atoms with Crippen LogP contribution in [0.3, 0.4) is 0 Å². The van der Waals surface area contributed by atoms with Crippen LogP contribution >= 0.6 is 0 Å². The van der Waals surface area contributed by atoms with Crippen LogP contribution in [0.4, 0.5) is 10.1 Å². The van der Waals surface area contributed by atoms with E-state index >= 15 is 0 Å². The highest BCUT2D eigenvalue weighted by Gasteiger charge is 2.17. The smallest absolute Gasteiger partial charge is 0.138 e. The number of aromatic nitrogens is 6. The summed E-state index contributed by atoms with van der Waals surface area (Å²) in [6, 6.07) is 14.6. The summed E-state index contributed by atoms with van der Waals surface area (Å²) in [6.45, 7) is 1.20. The van der Waals surface area contributed by atoms with Crippen molar-refractivity contribution in [3.05, 3.63) is 72.9 Å². The van der Waals surface area contributed by atoms with Gasteiger partial charge in [-0.25, -0.2) is 14.4 Å². The molecule has 202 valence electrons. The number of pyridine rings is 3. The molecule has 2 N–H and O–H groups in total. The summed E-state index contributed by atoms with van der Waals surface area (Å²) in [6.07, 6.45) is 5.33. The largest absolute Gasteiger partial charge is 0.492 e. The van der Waals surface area contributed by atoms with Gasteiger partial charge in [-0.3, -0.25) is 10.1 Å². The van der Waals surface area contributed by atoms with Gasteiger partial charge in [-0.2, -0.15) is 5.10 Å². The predicted octanol–water partition coefficient (Wildman–Crippen LogP) is 5.38. The first-order chi connectivity index (χ1) is 19.4. The highest BCUT2D eigenvalue weighted by molar-refractivity contribution is 5.99. The van der Waals surface area contributed by atoms with Crippen LogP contribution in [-0.2, 0) is 0 Å². The monoisotopic (exact) mass is 536 g/mol. The third kappa shape index (κ3) is 4.96. The molecule has 0 saturated heterocycles. The fourth-order valence-electron chi connectivity index (χ4n) is 4.61. The Bertz CT molecular complexity index is 1820. The van der Waals surface area contributed by atoms with Crippen molar-refractivity contribution in [1.82, 2.24) is 35.0 Å². The maximum Gasteiger partial charge on any atom is 0.138 e. The highest BCUT2D eigenvalue weighted by atomic mass is 19.1. The Morgan fingerprint density at radius 3 is 2.65 bits per heavy atom. The molecule has 5 heterocycles. The van der Waals surface area contributed by atoms with Crippen molar-refractivity contribution >= 4 is 27.8 Å². The molecule has 6 rings (SSSR count). The van der Waals surface area contributed by atoms with Crippen LogP contribution in [0.1, 0.15) is 0 Å². The zero-order valence-corrected chi connectivity index (χ0v) is 22.7. The number of nitrogens with zero attached hydrogens (tertiary/aromatic N) is 6. The summed E-state index contributed by atoms with van der Waals surface area (Å²) >= 11 is 0. The first-order valence-corrected chi connectivity index (χ1v) is 12.9. The lowest BCUT2D eigenvalue weighted by Crippen LogP contribution is -2.19. The number of aromatic amines is 2. The molecule has 0 atom stereocenters. The van der Waals surface area contributed by atoms with Gasteiger partial charge in [0.1, 0.15) is 35.0 Å². The normalized spacial score (nSPS) is 11.6. The number of rotatable bonds is 8. The lowest BCUT2D eigenvalue weighted by Gasteiger charge is -2.12.